The van der Waals surface area contributed by atoms with Crippen LogP contribution in [-0.4, -0.2) is 60.7 Å². The van der Waals surface area contributed by atoms with E-state index in [4.69, 9.17) is 4.74 Å². The number of carbonyl (C=O) groups is 1. The molecule has 2 rings (SSSR count). The fraction of sp³-hybridized carbons (Fsp3) is 0.917. The van der Waals surface area contributed by atoms with Gasteiger partial charge in [0.1, 0.15) is 5.60 Å². The van der Waals surface area contributed by atoms with E-state index in [0.29, 0.717) is 5.25 Å². The van der Waals surface area contributed by atoms with Crippen molar-refractivity contribution < 1.29 is 9.53 Å². The number of nitrogens with one attached hydrogen (secondary N) is 1. The first-order chi connectivity index (χ1) is 8.18. The largest absolute Gasteiger partial charge is 0.368 e. The summed E-state index contributed by atoms with van der Waals surface area (Å²) in [4.78, 5) is 14.6. The van der Waals surface area contributed by atoms with Crippen LogP contribution in [-0.2, 0) is 9.53 Å². The van der Waals surface area contributed by atoms with Crippen molar-refractivity contribution in [2.45, 2.75) is 30.6 Å². The minimum Gasteiger partial charge on any atom is -0.368 e. The number of halogens is 1. The maximum atomic E-state index is 12.6. The van der Waals surface area contributed by atoms with Gasteiger partial charge in [0.25, 0.3) is 5.91 Å². The number of amides is 1. The van der Waals surface area contributed by atoms with Gasteiger partial charge in [0, 0.05) is 31.2 Å². The van der Waals surface area contributed by atoms with Crippen LogP contribution < -0.4 is 5.32 Å². The van der Waals surface area contributed by atoms with E-state index in [1.807, 2.05) is 16.7 Å². The lowest BCUT2D eigenvalue weighted by Gasteiger charge is -2.41. The van der Waals surface area contributed by atoms with Gasteiger partial charge in [0.2, 0.25) is 0 Å². The number of hydrogen-bond donors (Lipinski definition) is 1. The number of hydrogen-bond acceptors (Lipinski definition) is 4. The van der Waals surface area contributed by atoms with Crippen molar-refractivity contribution in [2.24, 2.45) is 0 Å². The molecule has 2 aliphatic rings. The van der Waals surface area contributed by atoms with Gasteiger partial charge in [-0.2, -0.15) is 11.8 Å². The molecule has 0 radical (unpaired) electrons. The Kier molecular flexibility index (Phi) is 6.24. The van der Waals surface area contributed by atoms with Gasteiger partial charge in [-0.1, -0.05) is 6.92 Å². The number of thioether (sulfide) groups is 1. The lowest BCUT2D eigenvalue weighted by atomic mass is 9.90. The molecule has 4 nitrogen and oxygen atoms in total. The highest BCUT2D eigenvalue weighted by atomic mass is 35.5. The Balaban J connectivity index is 0.00000162. The quantitative estimate of drug-likeness (QED) is 0.829. The second-order valence-corrected chi connectivity index (χ2v) is 6.43. The average molecular weight is 295 g/mol. The average Bonchev–Trinajstić information content (AvgIpc) is 2.38. The molecule has 1 atom stereocenters. The summed E-state index contributed by atoms with van der Waals surface area (Å²) in [5.74, 6) is 1.25. The van der Waals surface area contributed by atoms with Gasteiger partial charge < -0.3 is 15.0 Å². The van der Waals surface area contributed by atoms with Gasteiger partial charge in [-0.3, -0.25) is 4.79 Å². The maximum absolute atomic E-state index is 12.6. The van der Waals surface area contributed by atoms with Crippen LogP contribution in [0.25, 0.3) is 0 Å². The van der Waals surface area contributed by atoms with Crippen molar-refractivity contribution in [3.8, 4) is 0 Å². The van der Waals surface area contributed by atoms with Crippen molar-refractivity contribution in [2.75, 3.05) is 39.0 Å². The molecule has 1 N–H and O–H groups in total. The molecule has 106 valence electrons. The van der Waals surface area contributed by atoms with Crippen molar-refractivity contribution in [3.63, 3.8) is 0 Å². The van der Waals surface area contributed by atoms with Crippen LogP contribution in [0.3, 0.4) is 0 Å². The van der Waals surface area contributed by atoms with E-state index in [0.717, 1.165) is 44.8 Å². The summed E-state index contributed by atoms with van der Waals surface area (Å²) >= 11 is 1.95. The molecule has 1 amide bonds. The van der Waals surface area contributed by atoms with Crippen molar-refractivity contribution in [3.05, 3.63) is 0 Å². The fourth-order valence-electron chi connectivity index (χ4n) is 2.63. The molecule has 0 spiro atoms. The summed E-state index contributed by atoms with van der Waals surface area (Å²) in [5, 5.41) is 3.83. The first kappa shape index (κ1) is 16.1. The van der Waals surface area contributed by atoms with Crippen molar-refractivity contribution in [1.82, 2.24) is 10.2 Å². The molecule has 2 saturated heterocycles. The summed E-state index contributed by atoms with van der Waals surface area (Å²) < 4.78 is 5.59. The second-order valence-electron chi connectivity index (χ2n) is 4.88. The molecule has 18 heavy (non-hydrogen) atoms. The molecule has 0 saturated carbocycles. The van der Waals surface area contributed by atoms with Crippen LogP contribution >= 0.6 is 24.2 Å². The molecule has 2 aliphatic heterocycles. The maximum Gasteiger partial charge on any atom is 0.254 e. The highest BCUT2D eigenvalue weighted by Crippen LogP contribution is 2.27. The molecule has 2 heterocycles. The number of ether oxygens (including phenoxy) is 1. The lowest BCUT2D eigenvalue weighted by Crippen LogP contribution is -2.57. The predicted molar refractivity (Wildman–Crippen MR) is 77.6 cm³/mol. The topological polar surface area (TPSA) is 41.6 Å². The van der Waals surface area contributed by atoms with Gasteiger partial charge in [-0.15, -0.1) is 12.4 Å². The van der Waals surface area contributed by atoms with Crippen molar-refractivity contribution in [1.29, 1.82) is 0 Å². The molecule has 6 heteroatoms. The molecule has 0 aliphatic carbocycles. The summed E-state index contributed by atoms with van der Waals surface area (Å²) in [6.07, 6.45) is 1.58. The summed E-state index contributed by atoms with van der Waals surface area (Å²) in [7, 11) is 1.67. The summed E-state index contributed by atoms with van der Waals surface area (Å²) in [6, 6.07) is 0. The molecule has 0 aromatic carbocycles. The third kappa shape index (κ3) is 3.32. The van der Waals surface area contributed by atoms with E-state index >= 15 is 0 Å². The summed E-state index contributed by atoms with van der Waals surface area (Å²) in [5.41, 5.74) is -0.563. The Labute approximate surface area is 120 Å². The molecule has 2 fully saturated rings. The third-order valence-corrected chi connectivity index (χ3v) is 4.86. The van der Waals surface area contributed by atoms with Gasteiger partial charge >= 0.3 is 0 Å². The molecular formula is C12H23ClN2O2S. The van der Waals surface area contributed by atoms with E-state index in [-0.39, 0.29) is 18.3 Å². The summed E-state index contributed by atoms with van der Waals surface area (Å²) in [6.45, 7) is 5.66. The van der Waals surface area contributed by atoms with E-state index in [9.17, 15) is 4.79 Å². The predicted octanol–water partition coefficient (Wildman–Crippen LogP) is 1.14. The van der Waals surface area contributed by atoms with Gasteiger partial charge in [-0.05, 0) is 25.9 Å². The zero-order valence-electron chi connectivity index (χ0n) is 11.1. The minimum absolute atomic E-state index is 0. The monoisotopic (exact) mass is 294 g/mol. The smallest absolute Gasteiger partial charge is 0.254 e. The van der Waals surface area contributed by atoms with Crippen LogP contribution in [0.4, 0.5) is 0 Å². The number of nitrogens with zero attached hydrogens (tertiary/aromatic N) is 1. The van der Waals surface area contributed by atoms with Crippen LogP contribution in [0.2, 0.25) is 0 Å². The number of rotatable bonds is 2. The molecular weight excluding hydrogens is 272 g/mol. The Morgan fingerprint density at radius 3 is 2.67 bits per heavy atom. The number of carbonyl (C=O) groups excluding carboxylic acids is 1. The zero-order chi connectivity index (χ0) is 12.3. The third-order valence-electron chi connectivity index (χ3n) is 3.72. The normalized spacial score (nSPS) is 27.4. The zero-order valence-corrected chi connectivity index (χ0v) is 12.7. The Hall–Kier alpha value is 0.0300. The highest BCUT2D eigenvalue weighted by Gasteiger charge is 2.43. The minimum atomic E-state index is -0.563. The standard InChI is InChI=1S/C12H22N2O2S.ClH/c1-10-9-14(7-8-17-10)11(15)12(16-2)3-5-13-6-4-12;/h10,13H,3-9H2,1-2H3;1H. The first-order valence-corrected chi connectivity index (χ1v) is 7.40. The van der Waals surface area contributed by atoms with E-state index in [2.05, 4.69) is 12.2 Å². The van der Waals surface area contributed by atoms with Crippen LogP contribution in [0.5, 0.6) is 0 Å². The Morgan fingerprint density at radius 2 is 2.11 bits per heavy atom. The van der Waals surface area contributed by atoms with Crippen LogP contribution in [0, 0.1) is 0 Å². The SMILES string of the molecule is COC1(C(=O)N2CCSC(C)C2)CCNCC1.Cl. The van der Waals surface area contributed by atoms with Crippen LogP contribution in [0.15, 0.2) is 0 Å². The molecule has 0 aromatic rings. The molecule has 0 bridgehead atoms. The Morgan fingerprint density at radius 1 is 1.44 bits per heavy atom. The van der Waals surface area contributed by atoms with E-state index < -0.39 is 5.60 Å². The van der Waals surface area contributed by atoms with Gasteiger partial charge in [0.15, 0.2) is 0 Å². The van der Waals surface area contributed by atoms with E-state index in [1.165, 1.54) is 0 Å². The number of methoxy groups -OCH3 is 1. The lowest BCUT2D eigenvalue weighted by molar-refractivity contribution is -0.158. The van der Waals surface area contributed by atoms with Gasteiger partial charge in [-0.25, -0.2) is 0 Å². The van der Waals surface area contributed by atoms with Gasteiger partial charge in [0.05, 0.1) is 0 Å². The second kappa shape index (κ2) is 6.98. The highest BCUT2D eigenvalue weighted by molar-refractivity contribution is 7.99. The van der Waals surface area contributed by atoms with E-state index in [1.54, 1.807) is 7.11 Å². The first-order valence-electron chi connectivity index (χ1n) is 6.35. The molecule has 0 aromatic heterocycles. The molecule has 1 unspecified atom stereocenters. The fourth-order valence-corrected chi connectivity index (χ4v) is 3.64. The number of piperidine rings is 1. The Bertz CT molecular complexity index is 285. The van der Waals surface area contributed by atoms with Crippen LogP contribution in [0.1, 0.15) is 19.8 Å². The van der Waals surface area contributed by atoms with Crippen molar-refractivity contribution >= 4 is 30.1 Å².